The Bertz CT molecular complexity index is 502. The Labute approximate surface area is 119 Å². The highest BCUT2D eigenvalue weighted by molar-refractivity contribution is 5.94. The summed E-state index contributed by atoms with van der Waals surface area (Å²) >= 11 is 0. The Morgan fingerprint density at radius 3 is 3.10 bits per heavy atom. The Morgan fingerprint density at radius 1 is 1.45 bits per heavy atom. The van der Waals surface area contributed by atoms with Gasteiger partial charge in [0, 0.05) is 25.4 Å². The van der Waals surface area contributed by atoms with Crippen molar-refractivity contribution in [2.45, 2.75) is 19.4 Å². The number of amides is 1. The number of nitrogens with one attached hydrogen (secondary N) is 1. The van der Waals surface area contributed by atoms with Crippen LogP contribution in [0.2, 0.25) is 0 Å². The second-order valence-corrected chi connectivity index (χ2v) is 4.86. The van der Waals surface area contributed by atoms with Gasteiger partial charge >= 0.3 is 0 Å². The first-order valence-corrected chi connectivity index (χ1v) is 6.83. The van der Waals surface area contributed by atoms with Crippen LogP contribution in [-0.4, -0.2) is 43.2 Å². The van der Waals surface area contributed by atoms with E-state index in [9.17, 15) is 4.79 Å². The zero-order chi connectivity index (χ0) is 14.4. The van der Waals surface area contributed by atoms with E-state index in [1.807, 2.05) is 6.92 Å². The second kappa shape index (κ2) is 7.04. The highest BCUT2D eigenvalue weighted by atomic mass is 16.5. The van der Waals surface area contributed by atoms with Crippen LogP contribution in [0.4, 0.5) is 5.69 Å². The molecule has 0 bridgehead atoms. The zero-order valence-electron chi connectivity index (χ0n) is 11.6. The maximum Gasteiger partial charge on any atom is 0.241 e. The minimum Gasteiger partial charge on any atom is -0.380 e. The van der Waals surface area contributed by atoms with Crippen molar-refractivity contribution >= 4 is 11.6 Å². The number of hydrogen-bond acceptors (Lipinski definition) is 4. The zero-order valence-corrected chi connectivity index (χ0v) is 11.6. The van der Waals surface area contributed by atoms with Crippen molar-refractivity contribution in [3.8, 4) is 6.07 Å². The average Bonchev–Trinajstić information content (AvgIpc) is 2.75. The normalized spacial score (nSPS) is 17.8. The molecule has 1 amide bonds. The van der Waals surface area contributed by atoms with Crippen LogP contribution in [0.5, 0.6) is 0 Å². The van der Waals surface area contributed by atoms with Gasteiger partial charge < -0.3 is 10.1 Å². The Morgan fingerprint density at radius 2 is 2.30 bits per heavy atom. The molecule has 1 unspecified atom stereocenters. The molecule has 1 N–H and O–H groups in total. The number of benzene rings is 1. The Balaban J connectivity index is 1.97. The molecule has 1 aliphatic rings. The van der Waals surface area contributed by atoms with E-state index >= 15 is 0 Å². The van der Waals surface area contributed by atoms with Crippen molar-refractivity contribution in [2.24, 2.45) is 0 Å². The summed E-state index contributed by atoms with van der Waals surface area (Å²) < 4.78 is 5.39. The lowest BCUT2D eigenvalue weighted by Crippen LogP contribution is -2.43. The van der Waals surface area contributed by atoms with Gasteiger partial charge in [0.05, 0.1) is 24.3 Å². The van der Waals surface area contributed by atoms with Gasteiger partial charge in [-0.15, -0.1) is 0 Å². The molecule has 2 rings (SSSR count). The van der Waals surface area contributed by atoms with Gasteiger partial charge in [-0.3, -0.25) is 9.69 Å². The molecule has 1 atom stereocenters. The van der Waals surface area contributed by atoms with Crippen LogP contribution < -0.4 is 5.32 Å². The minimum absolute atomic E-state index is 0.0537. The first kappa shape index (κ1) is 14.5. The topological polar surface area (TPSA) is 65.4 Å². The maximum atomic E-state index is 12.2. The molecule has 20 heavy (non-hydrogen) atoms. The van der Waals surface area contributed by atoms with Crippen LogP contribution in [0.15, 0.2) is 24.3 Å². The van der Waals surface area contributed by atoms with Crippen LogP contribution in [0.1, 0.15) is 18.9 Å². The number of carbonyl (C=O) groups is 1. The van der Waals surface area contributed by atoms with E-state index in [1.165, 1.54) is 0 Å². The van der Waals surface area contributed by atoms with E-state index in [2.05, 4.69) is 16.3 Å². The molecular formula is C15H19N3O2. The van der Waals surface area contributed by atoms with Crippen molar-refractivity contribution in [1.29, 1.82) is 5.26 Å². The fourth-order valence-corrected chi connectivity index (χ4v) is 2.23. The predicted molar refractivity (Wildman–Crippen MR) is 76.3 cm³/mol. The summed E-state index contributed by atoms with van der Waals surface area (Å²) in [6.45, 7) is 4.96. The SMILES string of the molecule is CC(C(=O)Nc1cccc(C#N)c1)N1CCCOCC1. The van der Waals surface area contributed by atoms with Gasteiger partial charge in [0.1, 0.15) is 0 Å². The number of nitriles is 1. The Kier molecular flexibility index (Phi) is 5.10. The predicted octanol–water partition coefficient (Wildman–Crippen LogP) is 1.61. The van der Waals surface area contributed by atoms with Crippen molar-refractivity contribution in [3.63, 3.8) is 0 Å². The summed E-state index contributed by atoms with van der Waals surface area (Å²) in [4.78, 5) is 14.4. The van der Waals surface area contributed by atoms with Gasteiger partial charge in [-0.05, 0) is 31.5 Å². The number of rotatable bonds is 3. The van der Waals surface area contributed by atoms with Gasteiger partial charge in [-0.25, -0.2) is 0 Å². The van der Waals surface area contributed by atoms with Crippen LogP contribution >= 0.6 is 0 Å². The number of carbonyl (C=O) groups excluding carboxylic acids is 1. The van der Waals surface area contributed by atoms with Crippen LogP contribution in [-0.2, 0) is 9.53 Å². The summed E-state index contributed by atoms with van der Waals surface area (Å²) in [5.74, 6) is -0.0537. The number of hydrogen-bond donors (Lipinski definition) is 1. The molecule has 1 aliphatic heterocycles. The number of ether oxygens (including phenoxy) is 1. The third kappa shape index (κ3) is 3.80. The highest BCUT2D eigenvalue weighted by Crippen LogP contribution is 2.12. The van der Waals surface area contributed by atoms with Crippen LogP contribution in [0.3, 0.4) is 0 Å². The molecule has 0 radical (unpaired) electrons. The van der Waals surface area contributed by atoms with Gasteiger partial charge in [0.15, 0.2) is 0 Å². The quantitative estimate of drug-likeness (QED) is 0.908. The summed E-state index contributed by atoms with van der Waals surface area (Å²) in [6.07, 6.45) is 0.946. The van der Waals surface area contributed by atoms with Crippen molar-refractivity contribution in [1.82, 2.24) is 4.90 Å². The van der Waals surface area contributed by atoms with E-state index in [0.29, 0.717) is 17.9 Å². The second-order valence-electron chi connectivity index (χ2n) is 4.86. The molecule has 1 saturated heterocycles. The van der Waals surface area contributed by atoms with E-state index in [-0.39, 0.29) is 11.9 Å². The lowest BCUT2D eigenvalue weighted by molar-refractivity contribution is -0.120. The molecule has 0 aromatic heterocycles. The first-order valence-electron chi connectivity index (χ1n) is 6.83. The lowest BCUT2D eigenvalue weighted by Gasteiger charge is -2.26. The summed E-state index contributed by atoms with van der Waals surface area (Å²) in [7, 11) is 0. The minimum atomic E-state index is -0.206. The average molecular weight is 273 g/mol. The molecule has 1 heterocycles. The molecule has 0 spiro atoms. The fraction of sp³-hybridized carbons (Fsp3) is 0.467. The van der Waals surface area contributed by atoms with Gasteiger partial charge in [0.2, 0.25) is 5.91 Å². The molecule has 5 nitrogen and oxygen atoms in total. The molecule has 1 fully saturated rings. The third-order valence-electron chi connectivity index (χ3n) is 3.44. The number of nitrogens with zero attached hydrogens (tertiary/aromatic N) is 2. The molecule has 1 aromatic rings. The Hall–Kier alpha value is -1.90. The van der Waals surface area contributed by atoms with Gasteiger partial charge in [0.25, 0.3) is 0 Å². The van der Waals surface area contributed by atoms with E-state index in [4.69, 9.17) is 10.00 Å². The molecule has 1 aromatic carbocycles. The molecular weight excluding hydrogens is 254 g/mol. The lowest BCUT2D eigenvalue weighted by atomic mass is 10.2. The summed E-state index contributed by atoms with van der Waals surface area (Å²) in [6, 6.07) is 8.80. The van der Waals surface area contributed by atoms with Crippen molar-refractivity contribution in [3.05, 3.63) is 29.8 Å². The molecule has 0 aliphatic carbocycles. The van der Waals surface area contributed by atoms with Crippen molar-refractivity contribution in [2.75, 3.05) is 31.6 Å². The van der Waals surface area contributed by atoms with Crippen molar-refractivity contribution < 1.29 is 9.53 Å². The van der Waals surface area contributed by atoms with E-state index < -0.39 is 0 Å². The standard InChI is InChI=1S/C15H19N3O2/c1-12(18-6-3-8-20-9-7-18)15(19)17-14-5-2-4-13(10-14)11-16/h2,4-5,10,12H,3,6-9H2,1H3,(H,17,19). The summed E-state index contributed by atoms with van der Waals surface area (Å²) in [5.41, 5.74) is 1.20. The van der Waals surface area contributed by atoms with E-state index in [1.54, 1.807) is 24.3 Å². The molecule has 5 heteroatoms. The third-order valence-corrected chi connectivity index (χ3v) is 3.44. The monoisotopic (exact) mass is 273 g/mol. The maximum absolute atomic E-state index is 12.2. The summed E-state index contributed by atoms with van der Waals surface area (Å²) in [5, 5.41) is 11.7. The number of anilines is 1. The largest absolute Gasteiger partial charge is 0.380 e. The molecule has 0 saturated carbocycles. The van der Waals surface area contributed by atoms with Crippen LogP contribution in [0, 0.1) is 11.3 Å². The van der Waals surface area contributed by atoms with Gasteiger partial charge in [-0.1, -0.05) is 6.07 Å². The van der Waals surface area contributed by atoms with E-state index in [0.717, 1.165) is 26.1 Å². The highest BCUT2D eigenvalue weighted by Gasteiger charge is 2.22. The fourth-order valence-electron chi connectivity index (χ4n) is 2.23. The molecule has 106 valence electrons. The van der Waals surface area contributed by atoms with Gasteiger partial charge in [-0.2, -0.15) is 5.26 Å². The first-order chi connectivity index (χ1) is 9.70. The smallest absolute Gasteiger partial charge is 0.241 e. The van der Waals surface area contributed by atoms with Crippen LogP contribution in [0.25, 0.3) is 0 Å².